The second kappa shape index (κ2) is 7.49. The van der Waals surface area contributed by atoms with E-state index in [9.17, 15) is 10.2 Å². The number of aliphatic hydroxyl groups excluding tert-OH is 1. The molecule has 0 aromatic heterocycles. The summed E-state index contributed by atoms with van der Waals surface area (Å²) in [7, 11) is 0. The maximum Gasteiger partial charge on any atom is 0.178 e. The van der Waals surface area contributed by atoms with E-state index in [1.807, 2.05) is 54.6 Å². The van der Waals surface area contributed by atoms with Crippen molar-refractivity contribution in [2.24, 2.45) is 0 Å². The molecule has 0 unspecified atom stereocenters. The van der Waals surface area contributed by atoms with Crippen LogP contribution in [0.2, 0.25) is 5.02 Å². The fourth-order valence-electron chi connectivity index (χ4n) is 2.43. The van der Waals surface area contributed by atoms with Gasteiger partial charge in [0.15, 0.2) is 6.29 Å². The van der Waals surface area contributed by atoms with Gasteiger partial charge < -0.3 is 14.9 Å². The molecule has 0 atom stereocenters. The molecule has 0 saturated heterocycles. The zero-order chi connectivity index (χ0) is 16.9. The summed E-state index contributed by atoms with van der Waals surface area (Å²) in [6.07, 6.45) is -1.49. The summed E-state index contributed by atoms with van der Waals surface area (Å²) >= 11 is 6.32. The smallest absolute Gasteiger partial charge is 0.178 e. The van der Waals surface area contributed by atoms with Gasteiger partial charge in [0.05, 0.1) is 5.02 Å². The van der Waals surface area contributed by atoms with Crippen molar-refractivity contribution in [3.63, 3.8) is 0 Å². The molecule has 0 bridgehead atoms. The lowest BCUT2D eigenvalue weighted by Crippen LogP contribution is -1.99. The normalized spacial score (nSPS) is 10.8. The van der Waals surface area contributed by atoms with E-state index in [1.54, 1.807) is 18.2 Å². The summed E-state index contributed by atoms with van der Waals surface area (Å²) in [6.45, 7) is 0.297. The number of hydrogen-bond donors (Lipinski definition) is 2. The first kappa shape index (κ1) is 16.5. The van der Waals surface area contributed by atoms with Gasteiger partial charge in [0, 0.05) is 5.56 Å². The average molecular weight is 341 g/mol. The number of aliphatic hydroxyl groups is 2. The van der Waals surface area contributed by atoms with Crippen LogP contribution in [0, 0.1) is 0 Å². The maximum atomic E-state index is 9.21. The Kier molecular flexibility index (Phi) is 5.16. The lowest BCUT2D eigenvalue weighted by atomic mass is 10.1. The van der Waals surface area contributed by atoms with E-state index < -0.39 is 6.29 Å². The quantitative estimate of drug-likeness (QED) is 0.669. The Morgan fingerprint density at radius 2 is 1.62 bits per heavy atom. The molecule has 0 heterocycles. The first-order valence-electron chi connectivity index (χ1n) is 7.56. The van der Waals surface area contributed by atoms with Crippen LogP contribution in [0.3, 0.4) is 0 Å². The third-order valence-electron chi connectivity index (χ3n) is 3.68. The van der Waals surface area contributed by atoms with Crippen LogP contribution in [-0.4, -0.2) is 10.2 Å². The van der Waals surface area contributed by atoms with Crippen LogP contribution in [0.4, 0.5) is 0 Å². The fourth-order valence-corrected chi connectivity index (χ4v) is 2.67. The Labute approximate surface area is 145 Å². The van der Waals surface area contributed by atoms with Crippen molar-refractivity contribution in [1.29, 1.82) is 0 Å². The molecule has 2 N–H and O–H groups in total. The molecule has 3 aromatic carbocycles. The van der Waals surface area contributed by atoms with E-state index in [4.69, 9.17) is 16.3 Å². The Hall–Kier alpha value is -2.33. The van der Waals surface area contributed by atoms with Gasteiger partial charge in [-0.1, -0.05) is 66.2 Å². The van der Waals surface area contributed by atoms with Gasteiger partial charge in [-0.3, -0.25) is 0 Å². The summed E-state index contributed by atoms with van der Waals surface area (Å²) in [5.41, 5.74) is 3.39. The molecule has 0 radical (unpaired) electrons. The SMILES string of the molecule is OC(O)c1cccc(COc2ccc(-c3ccccc3)cc2Cl)c1. The van der Waals surface area contributed by atoms with Crippen LogP contribution in [-0.2, 0) is 6.61 Å². The molecule has 24 heavy (non-hydrogen) atoms. The van der Waals surface area contributed by atoms with Gasteiger partial charge in [0.2, 0.25) is 0 Å². The van der Waals surface area contributed by atoms with Gasteiger partial charge in [-0.15, -0.1) is 0 Å². The van der Waals surface area contributed by atoms with Crippen LogP contribution >= 0.6 is 11.6 Å². The van der Waals surface area contributed by atoms with Crippen LogP contribution in [0.5, 0.6) is 5.75 Å². The van der Waals surface area contributed by atoms with Crippen molar-refractivity contribution in [3.8, 4) is 16.9 Å². The molecule has 0 saturated carbocycles. The number of halogens is 1. The molecule has 0 aliphatic rings. The molecule has 4 heteroatoms. The number of hydrogen-bond acceptors (Lipinski definition) is 3. The predicted octanol–water partition coefficient (Wildman–Crippen LogP) is 4.57. The second-order valence-electron chi connectivity index (χ2n) is 5.42. The van der Waals surface area contributed by atoms with E-state index >= 15 is 0 Å². The van der Waals surface area contributed by atoms with Gasteiger partial charge in [0.1, 0.15) is 12.4 Å². The van der Waals surface area contributed by atoms with Crippen molar-refractivity contribution in [3.05, 3.63) is 88.9 Å². The molecule has 3 rings (SSSR count). The summed E-state index contributed by atoms with van der Waals surface area (Å²) in [5, 5.41) is 19.0. The van der Waals surface area contributed by atoms with Crippen molar-refractivity contribution in [1.82, 2.24) is 0 Å². The minimum Gasteiger partial charge on any atom is -0.487 e. The number of benzene rings is 3. The third kappa shape index (κ3) is 3.95. The summed E-state index contributed by atoms with van der Waals surface area (Å²) in [5.74, 6) is 0.589. The highest BCUT2D eigenvalue weighted by Crippen LogP contribution is 2.31. The first-order valence-corrected chi connectivity index (χ1v) is 7.94. The van der Waals surface area contributed by atoms with Gasteiger partial charge >= 0.3 is 0 Å². The highest BCUT2D eigenvalue weighted by atomic mass is 35.5. The van der Waals surface area contributed by atoms with Gasteiger partial charge in [-0.25, -0.2) is 0 Å². The molecule has 3 aromatic rings. The van der Waals surface area contributed by atoms with Gasteiger partial charge in [-0.05, 0) is 34.9 Å². The second-order valence-corrected chi connectivity index (χ2v) is 5.83. The molecule has 0 fully saturated rings. The predicted molar refractivity (Wildman–Crippen MR) is 94.8 cm³/mol. The fraction of sp³-hybridized carbons (Fsp3) is 0.100. The minimum absolute atomic E-state index is 0.297. The topological polar surface area (TPSA) is 49.7 Å². The first-order chi connectivity index (χ1) is 11.6. The zero-order valence-corrected chi connectivity index (χ0v) is 13.6. The molecule has 0 aliphatic heterocycles. The van der Waals surface area contributed by atoms with E-state index in [1.165, 1.54) is 0 Å². The van der Waals surface area contributed by atoms with Crippen molar-refractivity contribution in [2.45, 2.75) is 12.9 Å². The van der Waals surface area contributed by atoms with Crippen LogP contribution in [0.15, 0.2) is 72.8 Å². The Bertz CT molecular complexity index is 816. The summed E-state index contributed by atoms with van der Waals surface area (Å²) in [6, 6.07) is 22.6. The monoisotopic (exact) mass is 340 g/mol. The summed E-state index contributed by atoms with van der Waals surface area (Å²) in [4.78, 5) is 0. The lowest BCUT2D eigenvalue weighted by molar-refractivity contribution is -0.0425. The Morgan fingerprint density at radius 1 is 0.833 bits per heavy atom. The van der Waals surface area contributed by atoms with E-state index in [-0.39, 0.29) is 0 Å². The lowest BCUT2D eigenvalue weighted by Gasteiger charge is -2.11. The summed E-state index contributed by atoms with van der Waals surface area (Å²) < 4.78 is 5.75. The van der Waals surface area contributed by atoms with Gasteiger partial charge in [-0.2, -0.15) is 0 Å². The molecule has 0 amide bonds. The minimum atomic E-state index is -1.49. The number of ether oxygens (including phenoxy) is 1. The standard InChI is InChI=1S/C20H17ClO3/c21-18-12-16(15-6-2-1-3-7-15)9-10-19(18)24-13-14-5-4-8-17(11-14)20(22)23/h1-12,20,22-23H,13H2. The maximum absolute atomic E-state index is 9.21. The highest BCUT2D eigenvalue weighted by Gasteiger charge is 2.07. The molecular formula is C20H17ClO3. The van der Waals surface area contributed by atoms with Gasteiger partial charge in [0.25, 0.3) is 0 Å². The Balaban J connectivity index is 1.73. The molecular weight excluding hydrogens is 324 g/mol. The Morgan fingerprint density at radius 3 is 2.33 bits per heavy atom. The van der Waals surface area contributed by atoms with Crippen molar-refractivity contribution < 1.29 is 14.9 Å². The zero-order valence-electron chi connectivity index (χ0n) is 12.9. The van der Waals surface area contributed by atoms with Crippen LogP contribution < -0.4 is 4.74 Å². The third-order valence-corrected chi connectivity index (χ3v) is 3.98. The molecule has 3 nitrogen and oxygen atoms in total. The van der Waals surface area contributed by atoms with E-state index in [0.29, 0.717) is 22.9 Å². The van der Waals surface area contributed by atoms with Crippen LogP contribution in [0.1, 0.15) is 17.4 Å². The molecule has 122 valence electrons. The van der Waals surface area contributed by atoms with Crippen molar-refractivity contribution >= 4 is 11.6 Å². The largest absolute Gasteiger partial charge is 0.487 e. The molecule has 0 spiro atoms. The average Bonchev–Trinajstić information content (AvgIpc) is 2.61. The molecule has 0 aliphatic carbocycles. The van der Waals surface area contributed by atoms with Crippen LogP contribution in [0.25, 0.3) is 11.1 Å². The van der Waals surface area contributed by atoms with E-state index in [2.05, 4.69) is 0 Å². The number of rotatable bonds is 5. The van der Waals surface area contributed by atoms with E-state index in [0.717, 1.165) is 16.7 Å². The van der Waals surface area contributed by atoms with Crippen molar-refractivity contribution in [2.75, 3.05) is 0 Å². The highest BCUT2D eigenvalue weighted by molar-refractivity contribution is 6.32.